The van der Waals surface area contributed by atoms with Crippen LogP contribution in [0.3, 0.4) is 0 Å². The molecule has 2 aromatic rings. The van der Waals surface area contributed by atoms with Gasteiger partial charge in [-0.25, -0.2) is 0 Å². The summed E-state index contributed by atoms with van der Waals surface area (Å²) >= 11 is 7.88. The molecule has 0 spiro atoms. The Morgan fingerprint density at radius 1 is 1.38 bits per heavy atom. The topological polar surface area (TPSA) is 55.2 Å². The molecular formula is C15H17ClN2O2S. The normalized spacial score (nSPS) is 12.3. The molecule has 1 heterocycles. The third-order valence-electron chi connectivity index (χ3n) is 3.19. The fourth-order valence-electron chi connectivity index (χ4n) is 2.05. The Morgan fingerprint density at radius 3 is 2.71 bits per heavy atom. The molecule has 0 fully saturated rings. The quantitative estimate of drug-likeness (QED) is 0.635. The molecule has 0 aliphatic rings. The molecule has 1 unspecified atom stereocenters. The molecule has 0 radical (unpaired) electrons. The van der Waals surface area contributed by atoms with Crippen LogP contribution >= 0.6 is 22.9 Å². The summed E-state index contributed by atoms with van der Waals surface area (Å²) in [5, 5.41) is 14.5. The molecule has 0 saturated heterocycles. The van der Waals surface area contributed by atoms with Gasteiger partial charge in [0, 0.05) is 34.5 Å². The smallest absolute Gasteiger partial charge is 0.270 e. The van der Waals surface area contributed by atoms with E-state index < -0.39 is 4.92 Å². The van der Waals surface area contributed by atoms with E-state index in [2.05, 4.69) is 31.3 Å². The minimum absolute atomic E-state index is 0.0193. The van der Waals surface area contributed by atoms with Crippen molar-refractivity contribution in [3.8, 4) is 0 Å². The van der Waals surface area contributed by atoms with Gasteiger partial charge in [0.15, 0.2) is 0 Å². The minimum atomic E-state index is -0.440. The maximum Gasteiger partial charge on any atom is 0.270 e. The van der Waals surface area contributed by atoms with Crippen molar-refractivity contribution in [2.24, 2.45) is 0 Å². The molecule has 2 rings (SSSR count). The van der Waals surface area contributed by atoms with Crippen LogP contribution in [0.1, 0.15) is 22.2 Å². The van der Waals surface area contributed by atoms with Gasteiger partial charge in [0.25, 0.3) is 5.69 Å². The summed E-state index contributed by atoms with van der Waals surface area (Å²) in [6.07, 6.45) is 0.961. The number of nitrogens with one attached hydrogen (secondary N) is 1. The van der Waals surface area contributed by atoms with Gasteiger partial charge in [0.2, 0.25) is 0 Å². The number of rotatable bonds is 6. The van der Waals surface area contributed by atoms with Crippen LogP contribution in [0.25, 0.3) is 0 Å². The van der Waals surface area contributed by atoms with Crippen molar-refractivity contribution in [2.45, 2.75) is 32.9 Å². The molecule has 1 aromatic heterocycles. The van der Waals surface area contributed by atoms with Crippen molar-refractivity contribution >= 4 is 28.6 Å². The van der Waals surface area contributed by atoms with Crippen LogP contribution in [0.2, 0.25) is 5.02 Å². The van der Waals surface area contributed by atoms with Crippen molar-refractivity contribution in [2.75, 3.05) is 0 Å². The Hall–Kier alpha value is -1.43. The maximum atomic E-state index is 10.7. The summed E-state index contributed by atoms with van der Waals surface area (Å²) in [5.41, 5.74) is 0.891. The van der Waals surface area contributed by atoms with E-state index in [0.29, 0.717) is 17.6 Å². The van der Waals surface area contributed by atoms with Crippen molar-refractivity contribution < 1.29 is 4.92 Å². The summed E-state index contributed by atoms with van der Waals surface area (Å²) in [4.78, 5) is 12.9. The summed E-state index contributed by atoms with van der Waals surface area (Å²) < 4.78 is 0. The Balaban J connectivity index is 1.91. The molecule has 0 aliphatic carbocycles. The molecule has 0 bridgehead atoms. The van der Waals surface area contributed by atoms with Gasteiger partial charge in [-0.15, -0.1) is 11.3 Å². The minimum Gasteiger partial charge on any atom is -0.310 e. The van der Waals surface area contributed by atoms with E-state index in [9.17, 15) is 10.1 Å². The third kappa shape index (κ3) is 4.52. The zero-order valence-corrected chi connectivity index (χ0v) is 13.5. The summed E-state index contributed by atoms with van der Waals surface area (Å²) in [6, 6.07) is 9.17. The number of halogens is 1. The third-order valence-corrected chi connectivity index (χ3v) is 4.57. The maximum absolute atomic E-state index is 10.7. The molecule has 6 heteroatoms. The standard InChI is InChI=1S/C15H17ClN2O2S/c1-10(7-14-6-3-11(2)21-14)17-9-12-4-5-13(18(19)20)8-15(12)16/h3-6,8,10,17H,7,9H2,1-2H3. The molecule has 1 aromatic carbocycles. The number of non-ortho nitro benzene ring substituents is 1. The molecule has 1 atom stereocenters. The Bertz CT molecular complexity index is 642. The van der Waals surface area contributed by atoms with Gasteiger partial charge < -0.3 is 5.32 Å². The van der Waals surface area contributed by atoms with Crippen LogP contribution in [-0.4, -0.2) is 11.0 Å². The van der Waals surface area contributed by atoms with E-state index >= 15 is 0 Å². The lowest BCUT2D eigenvalue weighted by Gasteiger charge is -2.13. The van der Waals surface area contributed by atoms with Crippen molar-refractivity contribution in [1.29, 1.82) is 0 Å². The Labute approximate surface area is 132 Å². The fourth-order valence-corrected chi connectivity index (χ4v) is 3.31. The first-order valence-electron chi connectivity index (χ1n) is 6.67. The molecule has 0 amide bonds. The number of hydrogen-bond donors (Lipinski definition) is 1. The predicted octanol–water partition coefficient (Wildman–Crippen LogP) is 4.34. The van der Waals surface area contributed by atoms with Gasteiger partial charge in [0.05, 0.1) is 9.95 Å². The molecular weight excluding hydrogens is 308 g/mol. The van der Waals surface area contributed by atoms with Crippen LogP contribution in [0.15, 0.2) is 30.3 Å². The molecule has 0 saturated carbocycles. The molecule has 112 valence electrons. The van der Waals surface area contributed by atoms with E-state index in [4.69, 9.17) is 11.6 Å². The Morgan fingerprint density at radius 2 is 2.14 bits per heavy atom. The van der Waals surface area contributed by atoms with Gasteiger partial charge in [-0.05, 0) is 44.0 Å². The molecule has 21 heavy (non-hydrogen) atoms. The zero-order valence-electron chi connectivity index (χ0n) is 11.9. The number of benzene rings is 1. The van der Waals surface area contributed by atoms with Crippen molar-refractivity contribution in [1.82, 2.24) is 5.32 Å². The predicted molar refractivity (Wildman–Crippen MR) is 87.2 cm³/mol. The Kier molecular flexibility index (Phi) is 5.33. The van der Waals surface area contributed by atoms with E-state index in [1.165, 1.54) is 21.9 Å². The van der Waals surface area contributed by atoms with Gasteiger partial charge in [-0.1, -0.05) is 11.6 Å². The van der Waals surface area contributed by atoms with Crippen molar-refractivity contribution in [3.63, 3.8) is 0 Å². The van der Waals surface area contributed by atoms with E-state index in [1.807, 2.05) is 0 Å². The number of nitrogens with zero attached hydrogens (tertiary/aromatic N) is 1. The van der Waals surface area contributed by atoms with Gasteiger partial charge >= 0.3 is 0 Å². The largest absolute Gasteiger partial charge is 0.310 e. The van der Waals surface area contributed by atoms with Gasteiger partial charge in [-0.2, -0.15) is 0 Å². The second-order valence-corrected chi connectivity index (χ2v) is 6.81. The zero-order chi connectivity index (χ0) is 15.4. The van der Waals surface area contributed by atoms with Crippen LogP contribution in [-0.2, 0) is 13.0 Å². The number of aryl methyl sites for hydroxylation is 1. The van der Waals surface area contributed by atoms with E-state index in [1.54, 1.807) is 17.4 Å². The first kappa shape index (κ1) is 15.9. The monoisotopic (exact) mass is 324 g/mol. The van der Waals surface area contributed by atoms with E-state index in [-0.39, 0.29) is 5.69 Å². The number of hydrogen-bond acceptors (Lipinski definition) is 4. The second-order valence-electron chi connectivity index (χ2n) is 5.03. The van der Waals surface area contributed by atoms with Crippen molar-refractivity contribution in [3.05, 3.63) is 60.8 Å². The number of nitro benzene ring substituents is 1. The van der Waals surface area contributed by atoms with Crippen LogP contribution in [0.5, 0.6) is 0 Å². The summed E-state index contributed by atoms with van der Waals surface area (Å²) in [7, 11) is 0. The highest BCUT2D eigenvalue weighted by Gasteiger charge is 2.10. The van der Waals surface area contributed by atoms with Crippen LogP contribution in [0, 0.1) is 17.0 Å². The highest BCUT2D eigenvalue weighted by Crippen LogP contribution is 2.22. The van der Waals surface area contributed by atoms with E-state index in [0.717, 1.165) is 12.0 Å². The first-order valence-corrected chi connectivity index (χ1v) is 7.86. The second kappa shape index (κ2) is 7.02. The lowest BCUT2D eigenvalue weighted by molar-refractivity contribution is -0.384. The van der Waals surface area contributed by atoms with Gasteiger partial charge in [-0.3, -0.25) is 10.1 Å². The lowest BCUT2D eigenvalue weighted by atomic mass is 10.1. The highest BCUT2D eigenvalue weighted by molar-refractivity contribution is 7.11. The molecule has 4 nitrogen and oxygen atoms in total. The van der Waals surface area contributed by atoms with Crippen LogP contribution in [0.4, 0.5) is 5.69 Å². The number of nitro groups is 1. The SMILES string of the molecule is Cc1ccc(CC(C)NCc2ccc([N+](=O)[O-])cc2Cl)s1. The number of thiophene rings is 1. The molecule has 0 aliphatic heterocycles. The van der Waals surface area contributed by atoms with Gasteiger partial charge in [0.1, 0.15) is 0 Å². The highest BCUT2D eigenvalue weighted by atomic mass is 35.5. The fraction of sp³-hybridized carbons (Fsp3) is 0.333. The average molecular weight is 325 g/mol. The lowest BCUT2D eigenvalue weighted by Crippen LogP contribution is -2.27. The van der Waals surface area contributed by atoms with Crippen LogP contribution < -0.4 is 5.32 Å². The molecule has 1 N–H and O–H groups in total. The first-order chi connectivity index (χ1) is 9.95. The average Bonchev–Trinajstić information content (AvgIpc) is 2.82. The summed E-state index contributed by atoms with van der Waals surface area (Å²) in [5.74, 6) is 0. The summed E-state index contributed by atoms with van der Waals surface area (Å²) in [6.45, 7) is 4.82.